The van der Waals surface area contributed by atoms with E-state index in [1.807, 2.05) is 0 Å². The van der Waals surface area contributed by atoms with Gasteiger partial charge in [-0.05, 0) is 18.2 Å². The molecule has 0 atom stereocenters. The quantitative estimate of drug-likeness (QED) is 0.850. The van der Waals surface area contributed by atoms with Crippen LogP contribution >= 0.6 is 15.9 Å². The number of methoxy groups -OCH3 is 1. The molecule has 0 unspecified atom stereocenters. The van der Waals surface area contributed by atoms with Crippen molar-refractivity contribution in [2.45, 2.75) is 6.43 Å². The molecule has 1 rings (SSSR count). The van der Waals surface area contributed by atoms with Crippen LogP contribution in [0.2, 0.25) is 0 Å². The van der Waals surface area contributed by atoms with Crippen molar-refractivity contribution in [1.82, 2.24) is 5.32 Å². The summed E-state index contributed by atoms with van der Waals surface area (Å²) in [7, 11) is 1.51. The van der Waals surface area contributed by atoms with E-state index >= 15 is 0 Å². The van der Waals surface area contributed by atoms with Crippen molar-refractivity contribution in [3.05, 3.63) is 33.8 Å². The second-order valence-electron chi connectivity index (χ2n) is 3.29. The number of benzene rings is 1. The molecule has 0 aliphatic carbocycles. The molecule has 94 valence electrons. The Morgan fingerprint density at radius 2 is 2.24 bits per heavy atom. The summed E-state index contributed by atoms with van der Waals surface area (Å²) in [6.45, 7) is 0.722. The summed E-state index contributed by atoms with van der Waals surface area (Å²) < 4.78 is 30.3. The molecule has 0 saturated heterocycles. The number of alkyl halides is 2. The van der Waals surface area contributed by atoms with Gasteiger partial charge < -0.3 is 10.1 Å². The molecule has 0 fully saturated rings. The maximum atomic E-state index is 12.6. The van der Waals surface area contributed by atoms with Crippen LogP contribution in [-0.4, -0.2) is 26.2 Å². The lowest BCUT2D eigenvalue weighted by Crippen LogP contribution is -2.27. The van der Waals surface area contributed by atoms with E-state index in [1.54, 1.807) is 0 Å². The van der Waals surface area contributed by atoms with E-state index in [9.17, 15) is 13.6 Å². The van der Waals surface area contributed by atoms with Gasteiger partial charge in [-0.1, -0.05) is 15.9 Å². The van der Waals surface area contributed by atoms with Crippen LogP contribution in [0, 0.1) is 0 Å². The van der Waals surface area contributed by atoms with Crippen LogP contribution in [0.3, 0.4) is 0 Å². The SMILES string of the molecule is COCCNC(=O)c1ccc(Br)c(C(F)F)c1. The van der Waals surface area contributed by atoms with Gasteiger partial charge in [-0.2, -0.15) is 0 Å². The number of hydrogen-bond donors (Lipinski definition) is 1. The number of carbonyl (C=O) groups excluding carboxylic acids is 1. The molecule has 1 aromatic rings. The Labute approximate surface area is 106 Å². The summed E-state index contributed by atoms with van der Waals surface area (Å²) in [6.07, 6.45) is -2.61. The summed E-state index contributed by atoms with van der Waals surface area (Å²) >= 11 is 3.01. The van der Waals surface area contributed by atoms with Crippen molar-refractivity contribution in [1.29, 1.82) is 0 Å². The molecule has 0 spiro atoms. The molecule has 0 aliphatic rings. The van der Waals surface area contributed by atoms with E-state index in [0.717, 1.165) is 0 Å². The largest absolute Gasteiger partial charge is 0.383 e. The number of amides is 1. The summed E-state index contributed by atoms with van der Waals surface area (Å²) in [6, 6.07) is 4.10. The van der Waals surface area contributed by atoms with Crippen LogP contribution in [-0.2, 0) is 4.74 Å². The zero-order chi connectivity index (χ0) is 12.8. The zero-order valence-corrected chi connectivity index (χ0v) is 10.8. The Hall–Kier alpha value is -1.01. The first kappa shape index (κ1) is 14.1. The first-order valence-electron chi connectivity index (χ1n) is 4.91. The molecule has 0 aromatic heterocycles. The monoisotopic (exact) mass is 307 g/mol. The van der Waals surface area contributed by atoms with Crippen molar-refractivity contribution >= 4 is 21.8 Å². The lowest BCUT2D eigenvalue weighted by atomic mass is 10.1. The summed E-state index contributed by atoms with van der Waals surface area (Å²) in [5.41, 5.74) is 0.0176. The molecular formula is C11H12BrF2NO2. The van der Waals surface area contributed by atoms with E-state index in [-0.39, 0.29) is 11.1 Å². The fourth-order valence-electron chi connectivity index (χ4n) is 1.22. The highest BCUT2D eigenvalue weighted by molar-refractivity contribution is 9.10. The van der Waals surface area contributed by atoms with Gasteiger partial charge in [0.1, 0.15) is 0 Å². The number of rotatable bonds is 5. The maximum absolute atomic E-state index is 12.6. The van der Waals surface area contributed by atoms with Gasteiger partial charge >= 0.3 is 0 Å². The van der Waals surface area contributed by atoms with Gasteiger partial charge in [0.25, 0.3) is 12.3 Å². The number of halogens is 3. The molecule has 1 aromatic carbocycles. The van der Waals surface area contributed by atoms with Crippen LogP contribution < -0.4 is 5.32 Å². The average Bonchev–Trinajstić information content (AvgIpc) is 2.29. The third-order valence-electron chi connectivity index (χ3n) is 2.09. The summed E-state index contributed by atoms with van der Waals surface area (Å²) in [4.78, 5) is 11.6. The molecule has 0 bridgehead atoms. The van der Waals surface area contributed by atoms with Crippen molar-refractivity contribution in [3.8, 4) is 0 Å². The molecule has 6 heteroatoms. The third-order valence-corrected chi connectivity index (χ3v) is 2.81. The van der Waals surface area contributed by atoms with E-state index < -0.39 is 12.3 Å². The Kier molecular flexibility index (Phi) is 5.50. The fourth-order valence-corrected chi connectivity index (χ4v) is 1.64. The standard InChI is InChI=1S/C11H12BrF2NO2/c1-17-5-4-15-11(16)7-2-3-9(12)8(6-7)10(13)14/h2-3,6,10H,4-5H2,1H3,(H,15,16). The van der Waals surface area contributed by atoms with Crippen molar-refractivity contribution in [2.24, 2.45) is 0 Å². The van der Waals surface area contributed by atoms with Crippen LogP contribution in [0.4, 0.5) is 8.78 Å². The van der Waals surface area contributed by atoms with Gasteiger partial charge in [0.05, 0.1) is 6.61 Å². The van der Waals surface area contributed by atoms with Crippen LogP contribution in [0.25, 0.3) is 0 Å². The Morgan fingerprint density at radius 1 is 1.53 bits per heavy atom. The molecule has 0 heterocycles. The number of nitrogens with one attached hydrogen (secondary N) is 1. The third kappa shape index (κ3) is 4.05. The second-order valence-corrected chi connectivity index (χ2v) is 4.14. The Balaban J connectivity index is 2.77. The highest BCUT2D eigenvalue weighted by atomic mass is 79.9. The smallest absolute Gasteiger partial charge is 0.264 e. The van der Waals surface area contributed by atoms with E-state index in [2.05, 4.69) is 21.2 Å². The number of carbonyl (C=O) groups is 1. The molecule has 1 N–H and O–H groups in total. The zero-order valence-electron chi connectivity index (χ0n) is 9.17. The van der Waals surface area contributed by atoms with Gasteiger partial charge in [0, 0.05) is 29.3 Å². The lowest BCUT2D eigenvalue weighted by molar-refractivity contribution is 0.0936. The Bertz CT molecular complexity index is 399. The van der Waals surface area contributed by atoms with Gasteiger partial charge in [-0.3, -0.25) is 4.79 Å². The van der Waals surface area contributed by atoms with Gasteiger partial charge in [0.15, 0.2) is 0 Å². The second kappa shape index (κ2) is 6.66. The fraction of sp³-hybridized carbons (Fsp3) is 0.364. The predicted octanol–water partition coefficient (Wildman–Crippen LogP) is 2.76. The number of ether oxygens (including phenoxy) is 1. The van der Waals surface area contributed by atoms with E-state index in [0.29, 0.717) is 17.6 Å². The van der Waals surface area contributed by atoms with Crippen LogP contribution in [0.1, 0.15) is 22.3 Å². The average molecular weight is 308 g/mol. The van der Waals surface area contributed by atoms with Gasteiger partial charge in [-0.25, -0.2) is 8.78 Å². The predicted molar refractivity (Wildman–Crippen MR) is 63.3 cm³/mol. The van der Waals surface area contributed by atoms with E-state index in [1.165, 1.54) is 25.3 Å². The van der Waals surface area contributed by atoms with Crippen molar-refractivity contribution in [2.75, 3.05) is 20.3 Å². The highest BCUT2D eigenvalue weighted by Gasteiger charge is 2.14. The molecule has 0 saturated carbocycles. The molecular weight excluding hydrogens is 296 g/mol. The number of hydrogen-bond acceptors (Lipinski definition) is 2. The van der Waals surface area contributed by atoms with Crippen molar-refractivity contribution in [3.63, 3.8) is 0 Å². The molecule has 17 heavy (non-hydrogen) atoms. The highest BCUT2D eigenvalue weighted by Crippen LogP contribution is 2.28. The van der Waals surface area contributed by atoms with Crippen molar-refractivity contribution < 1.29 is 18.3 Å². The Morgan fingerprint density at radius 3 is 2.82 bits per heavy atom. The first-order chi connectivity index (χ1) is 8.06. The van der Waals surface area contributed by atoms with Gasteiger partial charge in [0.2, 0.25) is 0 Å². The van der Waals surface area contributed by atoms with Gasteiger partial charge in [-0.15, -0.1) is 0 Å². The van der Waals surface area contributed by atoms with E-state index in [4.69, 9.17) is 4.74 Å². The molecule has 1 amide bonds. The molecule has 0 aliphatic heterocycles. The first-order valence-corrected chi connectivity index (χ1v) is 5.70. The lowest BCUT2D eigenvalue weighted by Gasteiger charge is -2.08. The minimum absolute atomic E-state index is 0.190. The minimum Gasteiger partial charge on any atom is -0.383 e. The molecule has 3 nitrogen and oxygen atoms in total. The topological polar surface area (TPSA) is 38.3 Å². The maximum Gasteiger partial charge on any atom is 0.264 e. The van der Waals surface area contributed by atoms with Crippen LogP contribution in [0.5, 0.6) is 0 Å². The normalized spacial score (nSPS) is 10.6. The summed E-state index contributed by atoms with van der Waals surface area (Å²) in [5.74, 6) is -0.392. The molecule has 0 radical (unpaired) electrons. The minimum atomic E-state index is -2.61. The van der Waals surface area contributed by atoms with Crippen LogP contribution in [0.15, 0.2) is 22.7 Å². The summed E-state index contributed by atoms with van der Waals surface area (Å²) in [5, 5.41) is 2.56.